The van der Waals surface area contributed by atoms with E-state index in [1.165, 1.54) is 6.26 Å². The molecule has 6 heteroatoms. The molecular formula is C13H19N3O2S. The van der Waals surface area contributed by atoms with Crippen LogP contribution in [0.5, 0.6) is 0 Å². The van der Waals surface area contributed by atoms with Crippen LogP contribution in [0.1, 0.15) is 5.69 Å². The van der Waals surface area contributed by atoms with E-state index in [-0.39, 0.29) is 11.8 Å². The Labute approximate surface area is 113 Å². The number of nitrogens with zero attached hydrogens (tertiary/aromatic N) is 2. The largest absolute Gasteiger partial charge is 0.316 e. The average molecular weight is 281 g/mol. The first-order valence-corrected chi connectivity index (χ1v) is 8.22. The molecule has 0 bridgehead atoms. The molecule has 1 aromatic heterocycles. The Balaban J connectivity index is 2.30. The molecule has 1 aromatic carbocycles. The summed E-state index contributed by atoms with van der Waals surface area (Å²) in [5, 5.41) is 8.62. The molecule has 104 valence electrons. The molecule has 0 aliphatic rings. The van der Waals surface area contributed by atoms with Crippen molar-refractivity contribution in [2.45, 2.75) is 12.5 Å². The maximum atomic E-state index is 11.4. The van der Waals surface area contributed by atoms with Gasteiger partial charge in [-0.15, -0.1) is 0 Å². The molecule has 0 saturated carbocycles. The minimum Gasteiger partial charge on any atom is -0.316 e. The van der Waals surface area contributed by atoms with Gasteiger partial charge in [0.15, 0.2) is 0 Å². The summed E-state index contributed by atoms with van der Waals surface area (Å²) in [5.41, 5.74) is 1.99. The number of nitrogens with one attached hydrogen (secondary N) is 1. The summed E-state index contributed by atoms with van der Waals surface area (Å²) in [6.07, 6.45) is 1.86. The number of hydrogen-bond acceptors (Lipinski definition) is 4. The molecule has 2 aromatic rings. The van der Waals surface area contributed by atoms with E-state index in [4.69, 9.17) is 0 Å². The zero-order chi connectivity index (χ0) is 14.0. The van der Waals surface area contributed by atoms with Crippen LogP contribution < -0.4 is 5.32 Å². The number of para-hydroxylation sites is 1. The van der Waals surface area contributed by atoms with Crippen LogP contribution in [0.2, 0.25) is 0 Å². The molecule has 0 amide bonds. The average Bonchev–Trinajstić information content (AvgIpc) is 2.65. The van der Waals surface area contributed by atoms with Gasteiger partial charge in [0.1, 0.15) is 9.84 Å². The van der Waals surface area contributed by atoms with Crippen molar-refractivity contribution in [3.8, 4) is 0 Å². The van der Waals surface area contributed by atoms with Crippen molar-refractivity contribution in [3.05, 3.63) is 30.0 Å². The Morgan fingerprint density at radius 2 is 2.05 bits per heavy atom. The van der Waals surface area contributed by atoms with Gasteiger partial charge in [0.05, 0.1) is 17.0 Å². The molecule has 2 rings (SSSR count). The number of rotatable bonds is 5. The van der Waals surface area contributed by atoms with Crippen molar-refractivity contribution in [1.82, 2.24) is 15.1 Å². The zero-order valence-electron chi connectivity index (χ0n) is 11.4. The number of hydrogen-bond donors (Lipinski definition) is 1. The van der Waals surface area contributed by atoms with Crippen molar-refractivity contribution < 1.29 is 8.42 Å². The number of aryl methyl sites for hydroxylation is 1. The highest BCUT2D eigenvalue weighted by Gasteiger charge is 2.17. The second kappa shape index (κ2) is 5.30. The maximum absolute atomic E-state index is 11.4. The monoisotopic (exact) mass is 281 g/mol. The molecule has 5 nitrogen and oxygen atoms in total. The molecule has 0 spiro atoms. The van der Waals surface area contributed by atoms with Crippen LogP contribution >= 0.6 is 0 Å². The third-order valence-corrected chi connectivity index (χ3v) is 4.19. The highest BCUT2D eigenvalue weighted by atomic mass is 32.2. The van der Waals surface area contributed by atoms with Gasteiger partial charge in [0.2, 0.25) is 0 Å². The molecule has 0 radical (unpaired) electrons. The van der Waals surface area contributed by atoms with Gasteiger partial charge in [-0.1, -0.05) is 18.2 Å². The molecule has 0 fully saturated rings. The molecule has 1 atom stereocenters. The Hall–Kier alpha value is -1.40. The molecule has 1 heterocycles. The SMILES string of the molecule is CNC(Cc1nn(C)c2ccccc12)CS(C)(=O)=O. The van der Waals surface area contributed by atoms with Crippen LogP contribution in [0.15, 0.2) is 24.3 Å². The lowest BCUT2D eigenvalue weighted by Gasteiger charge is -2.13. The minimum atomic E-state index is -3.00. The van der Waals surface area contributed by atoms with Gasteiger partial charge in [-0.2, -0.15) is 5.10 Å². The molecular weight excluding hydrogens is 262 g/mol. The standard InChI is InChI=1S/C13H19N3O2S/c1-14-10(9-19(3,17)18)8-12-11-6-4-5-7-13(11)16(2)15-12/h4-7,10,14H,8-9H2,1-3H3. The van der Waals surface area contributed by atoms with Crippen molar-refractivity contribution >= 4 is 20.7 Å². The summed E-state index contributed by atoms with van der Waals surface area (Å²) in [6, 6.07) is 7.85. The number of aromatic nitrogens is 2. The molecule has 19 heavy (non-hydrogen) atoms. The lowest BCUT2D eigenvalue weighted by atomic mass is 10.1. The summed E-state index contributed by atoms with van der Waals surface area (Å²) >= 11 is 0. The normalized spacial score (nSPS) is 13.8. The summed E-state index contributed by atoms with van der Waals surface area (Å²) in [7, 11) is 0.679. The Morgan fingerprint density at radius 1 is 1.37 bits per heavy atom. The maximum Gasteiger partial charge on any atom is 0.148 e. The first-order valence-electron chi connectivity index (χ1n) is 6.16. The highest BCUT2D eigenvalue weighted by molar-refractivity contribution is 7.90. The molecule has 1 N–H and O–H groups in total. The van der Waals surface area contributed by atoms with E-state index >= 15 is 0 Å². The lowest BCUT2D eigenvalue weighted by molar-refractivity contribution is 0.562. The van der Waals surface area contributed by atoms with E-state index in [1.54, 1.807) is 7.05 Å². The number of sulfone groups is 1. The quantitative estimate of drug-likeness (QED) is 0.878. The van der Waals surface area contributed by atoms with Crippen LogP contribution in [0.25, 0.3) is 10.9 Å². The predicted molar refractivity (Wildman–Crippen MR) is 77.0 cm³/mol. The lowest BCUT2D eigenvalue weighted by Crippen LogP contribution is -2.34. The fraction of sp³-hybridized carbons (Fsp3) is 0.462. The van der Waals surface area contributed by atoms with E-state index < -0.39 is 9.84 Å². The van der Waals surface area contributed by atoms with Crippen LogP contribution in [0, 0.1) is 0 Å². The third kappa shape index (κ3) is 3.33. The van der Waals surface area contributed by atoms with Gasteiger partial charge >= 0.3 is 0 Å². The van der Waals surface area contributed by atoms with Crippen molar-refractivity contribution in [3.63, 3.8) is 0 Å². The second-order valence-corrected chi connectivity index (χ2v) is 7.05. The van der Waals surface area contributed by atoms with Gasteiger partial charge in [0, 0.05) is 31.2 Å². The predicted octanol–water partition coefficient (Wildman–Crippen LogP) is 0.748. The summed E-state index contributed by atoms with van der Waals surface area (Å²) in [4.78, 5) is 0. The van der Waals surface area contributed by atoms with Gasteiger partial charge in [-0.3, -0.25) is 4.68 Å². The van der Waals surface area contributed by atoms with Gasteiger partial charge in [-0.25, -0.2) is 8.42 Å². The van der Waals surface area contributed by atoms with Crippen LogP contribution in [0.3, 0.4) is 0 Å². The third-order valence-electron chi connectivity index (χ3n) is 3.19. The number of likely N-dealkylation sites (N-methyl/N-ethyl adjacent to an activating group) is 1. The van der Waals surface area contributed by atoms with Crippen LogP contribution in [-0.4, -0.2) is 43.3 Å². The van der Waals surface area contributed by atoms with E-state index in [0.717, 1.165) is 16.6 Å². The second-order valence-electron chi connectivity index (χ2n) is 4.87. The van der Waals surface area contributed by atoms with Gasteiger partial charge < -0.3 is 5.32 Å². The van der Waals surface area contributed by atoms with E-state index in [1.807, 2.05) is 36.0 Å². The summed E-state index contributed by atoms with van der Waals surface area (Å²) < 4.78 is 24.6. The smallest absolute Gasteiger partial charge is 0.148 e. The van der Waals surface area contributed by atoms with Crippen LogP contribution in [0.4, 0.5) is 0 Å². The van der Waals surface area contributed by atoms with Crippen LogP contribution in [-0.2, 0) is 23.3 Å². The molecule has 0 aliphatic heterocycles. The fourth-order valence-corrected chi connectivity index (χ4v) is 3.30. The summed E-state index contributed by atoms with van der Waals surface area (Å²) in [6.45, 7) is 0. The fourth-order valence-electron chi connectivity index (χ4n) is 2.28. The van der Waals surface area contributed by atoms with E-state index in [9.17, 15) is 8.42 Å². The first kappa shape index (κ1) is 14.0. The highest BCUT2D eigenvalue weighted by Crippen LogP contribution is 2.18. The van der Waals surface area contributed by atoms with Gasteiger partial charge in [0.25, 0.3) is 0 Å². The zero-order valence-corrected chi connectivity index (χ0v) is 12.2. The van der Waals surface area contributed by atoms with E-state index in [2.05, 4.69) is 10.4 Å². The molecule has 1 unspecified atom stereocenters. The first-order chi connectivity index (χ1) is 8.90. The van der Waals surface area contributed by atoms with Gasteiger partial charge in [-0.05, 0) is 13.1 Å². The van der Waals surface area contributed by atoms with Crippen molar-refractivity contribution in [2.24, 2.45) is 7.05 Å². The molecule has 0 aliphatic carbocycles. The Kier molecular flexibility index (Phi) is 3.91. The number of benzene rings is 1. The topological polar surface area (TPSA) is 64.0 Å². The molecule has 0 saturated heterocycles. The Morgan fingerprint density at radius 3 is 2.68 bits per heavy atom. The van der Waals surface area contributed by atoms with E-state index in [0.29, 0.717) is 6.42 Å². The van der Waals surface area contributed by atoms with Crippen molar-refractivity contribution in [2.75, 3.05) is 19.1 Å². The minimum absolute atomic E-state index is 0.117. The number of fused-ring (bicyclic) bond motifs is 1. The summed E-state index contributed by atoms with van der Waals surface area (Å²) in [5.74, 6) is 0.119. The van der Waals surface area contributed by atoms with Crippen molar-refractivity contribution in [1.29, 1.82) is 0 Å². The Bertz CT molecular complexity index is 676.